The Kier molecular flexibility index (Phi) is 2.75. The van der Waals surface area contributed by atoms with Crippen molar-refractivity contribution in [3.8, 4) is 0 Å². The van der Waals surface area contributed by atoms with Gasteiger partial charge in [-0.3, -0.25) is 9.69 Å². The number of carbonyl (C=O) groups is 1. The third-order valence-electron chi connectivity index (χ3n) is 3.56. The molecular formula is C16H16N2O. The molecule has 3 nitrogen and oxygen atoms in total. The molecule has 0 radical (unpaired) electrons. The average Bonchev–Trinajstić information content (AvgIpc) is 2.77. The summed E-state index contributed by atoms with van der Waals surface area (Å²) < 4.78 is 2.14. The van der Waals surface area contributed by atoms with Gasteiger partial charge in [-0.25, -0.2) is 0 Å². The zero-order chi connectivity index (χ0) is 13.4. The monoisotopic (exact) mass is 252 g/mol. The van der Waals surface area contributed by atoms with Gasteiger partial charge in [-0.2, -0.15) is 0 Å². The maximum absolute atomic E-state index is 11.3. The lowest BCUT2D eigenvalue weighted by Gasteiger charge is -2.18. The van der Waals surface area contributed by atoms with Crippen LogP contribution in [0.2, 0.25) is 0 Å². The van der Waals surface area contributed by atoms with Crippen molar-refractivity contribution < 1.29 is 4.79 Å². The van der Waals surface area contributed by atoms with E-state index in [1.54, 1.807) is 11.8 Å². The molecule has 0 saturated heterocycles. The topological polar surface area (TPSA) is 25.2 Å². The van der Waals surface area contributed by atoms with Crippen LogP contribution in [0.15, 0.2) is 55.0 Å². The van der Waals surface area contributed by atoms with E-state index < -0.39 is 0 Å². The van der Waals surface area contributed by atoms with Gasteiger partial charge in [-0.1, -0.05) is 30.4 Å². The van der Waals surface area contributed by atoms with Gasteiger partial charge in [0, 0.05) is 49.4 Å². The number of para-hydroxylation sites is 1. The minimum Gasteiger partial charge on any atom is -0.350 e. The highest BCUT2D eigenvalue weighted by molar-refractivity contribution is 5.85. The van der Waals surface area contributed by atoms with Crippen LogP contribution in [0.3, 0.4) is 0 Å². The summed E-state index contributed by atoms with van der Waals surface area (Å²) in [6, 6.07) is 8.38. The van der Waals surface area contributed by atoms with E-state index in [2.05, 4.69) is 54.2 Å². The molecule has 1 amide bonds. The maximum Gasteiger partial charge on any atom is 0.227 e. The Morgan fingerprint density at radius 2 is 1.84 bits per heavy atom. The Morgan fingerprint density at radius 3 is 2.53 bits per heavy atom. The predicted molar refractivity (Wildman–Crippen MR) is 76.5 cm³/mol. The third-order valence-corrected chi connectivity index (χ3v) is 3.56. The first-order valence-electron chi connectivity index (χ1n) is 6.36. The lowest BCUT2D eigenvalue weighted by molar-refractivity contribution is -0.124. The molecule has 0 N–H and O–H groups in total. The summed E-state index contributed by atoms with van der Waals surface area (Å²) >= 11 is 0. The molecule has 3 rings (SSSR count). The molecule has 96 valence electrons. The smallest absolute Gasteiger partial charge is 0.227 e. The molecule has 1 aromatic carbocycles. The van der Waals surface area contributed by atoms with Crippen LogP contribution in [0.25, 0.3) is 10.9 Å². The highest BCUT2D eigenvalue weighted by Crippen LogP contribution is 2.30. The number of hydrogen-bond donors (Lipinski definition) is 0. The van der Waals surface area contributed by atoms with E-state index in [4.69, 9.17) is 0 Å². The van der Waals surface area contributed by atoms with Crippen molar-refractivity contribution in [2.75, 3.05) is 0 Å². The minimum absolute atomic E-state index is 0.0314. The highest BCUT2D eigenvalue weighted by Gasteiger charge is 2.15. The summed E-state index contributed by atoms with van der Waals surface area (Å²) in [6.07, 6.45) is 9.96. The summed E-state index contributed by atoms with van der Waals surface area (Å²) in [5, 5.41) is 1.26. The number of fused-ring (bicyclic) bond motifs is 1. The van der Waals surface area contributed by atoms with Crippen molar-refractivity contribution >= 4 is 16.8 Å². The fraction of sp³-hybridized carbons (Fsp3) is 0.188. The zero-order valence-corrected chi connectivity index (χ0v) is 11.1. The summed E-state index contributed by atoms with van der Waals surface area (Å²) in [7, 11) is 2.06. The van der Waals surface area contributed by atoms with E-state index >= 15 is 0 Å². The molecule has 0 unspecified atom stereocenters. The Hall–Kier alpha value is -2.29. The number of aryl methyl sites for hydroxylation is 1. The maximum atomic E-state index is 11.3. The first-order chi connectivity index (χ1) is 9.16. The number of benzene rings is 1. The SMILES string of the molecule is CC(=O)N1C=CC(c2cn(C)c3ccccc23)C=C1. The van der Waals surface area contributed by atoms with Crippen LogP contribution in [0.1, 0.15) is 18.4 Å². The van der Waals surface area contributed by atoms with E-state index in [0.29, 0.717) is 0 Å². The van der Waals surface area contributed by atoms with Crippen molar-refractivity contribution in [2.24, 2.45) is 7.05 Å². The van der Waals surface area contributed by atoms with Crippen molar-refractivity contribution in [3.63, 3.8) is 0 Å². The number of rotatable bonds is 1. The normalized spacial score (nSPS) is 15.4. The number of allylic oxidation sites excluding steroid dienone is 2. The van der Waals surface area contributed by atoms with E-state index in [1.165, 1.54) is 16.5 Å². The molecule has 0 atom stereocenters. The molecule has 0 spiro atoms. The zero-order valence-electron chi connectivity index (χ0n) is 11.1. The molecule has 1 aliphatic heterocycles. The lowest BCUT2D eigenvalue weighted by Crippen LogP contribution is -2.18. The molecule has 2 heterocycles. The molecule has 0 aliphatic carbocycles. The Labute approximate surface area is 112 Å². The summed E-state index contributed by atoms with van der Waals surface area (Å²) in [6.45, 7) is 1.56. The van der Waals surface area contributed by atoms with Gasteiger partial charge < -0.3 is 4.57 Å². The summed E-state index contributed by atoms with van der Waals surface area (Å²) in [5.74, 6) is 0.255. The molecule has 19 heavy (non-hydrogen) atoms. The van der Waals surface area contributed by atoms with Gasteiger partial charge in [0.25, 0.3) is 0 Å². The van der Waals surface area contributed by atoms with Crippen molar-refractivity contribution in [3.05, 3.63) is 60.6 Å². The fourth-order valence-corrected chi connectivity index (χ4v) is 2.54. The van der Waals surface area contributed by atoms with E-state index in [1.807, 2.05) is 12.4 Å². The van der Waals surface area contributed by atoms with Gasteiger partial charge in [-0.15, -0.1) is 0 Å². The first kappa shape index (κ1) is 11.8. The van der Waals surface area contributed by atoms with Crippen LogP contribution >= 0.6 is 0 Å². The predicted octanol–water partition coefficient (Wildman–Crippen LogP) is 3.15. The molecule has 2 aromatic rings. The van der Waals surface area contributed by atoms with E-state index in [0.717, 1.165) is 0 Å². The van der Waals surface area contributed by atoms with Gasteiger partial charge in [0.15, 0.2) is 0 Å². The second kappa shape index (κ2) is 4.43. The molecule has 0 fully saturated rings. The van der Waals surface area contributed by atoms with Gasteiger partial charge >= 0.3 is 0 Å². The largest absolute Gasteiger partial charge is 0.350 e. The van der Waals surface area contributed by atoms with Crippen molar-refractivity contribution in [1.82, 2.24) is 9.47 Å². The summed E-state index contributed by atoms with van der Waals surface area (Å²) in [4.78, 5) is 12.9. The van der Waals surface area contributed by atoms with Crippen LogP contribution in [-0.2, 0) is 11.8 Å². The van der Waals surface area contributed by atoms with Gasteiger partial charge in [-0.05, 0) is 11.6 Å². The van der Waals surface area contributed by atoms with Crippen molar-refractivity contribution in [2.45, 2.75) is 12.8 Å². The average molecular weight is 252 g/mol. The van der Waals surface area contributed by atoms with Gasteiger partial charge in [0.2, 0.25) is 5.91 Å². The Bertz CT molecular complexity index is 680. The standard InChI is InChI=1S/C16H16N2O/c1-12(19)18-9-7-13(8-10-18)15-11-17(2)16-6-4-3-5-14(15)16/h3-11,13H,1-2H3. The van der Waals surface area contributed by atoms with E-state index in [9.17, 15) is 4.79 Å². The number of amides is 1. The Balaban J connectivity index is 2.01. The van der Waals surface area contributed by atoms with Crippen LogP contribution in [-0.4, -0.2) is 15.4 Å². The van der Waals surface area contributed by atoms with Crippen LogP contribution in [0, 0.1) is 0 Å². The number of carbonyl (C=O) groups excluding carboxylic acids is 1. The molecule has 1 aliphatic rings. The number of hydrogen-bond acceptors (Lipinski definition) is 1. The second-order valence-corrected chi connectivity index (χ2v) is 4.85. The summed E-state index contributed by atoms with van der Waals surface area (Å²) in [5.41, 5.74) is 2.50. The third kappa shape index (κ3) is 1.97. The van der Waals surface area contributed by atoms with Crippen LogP contribution in [0.4, 0.5) is 0 Å². The second-order valence-electron chi connectivity index (χ2n) is 4.85. The van der Waals surface area contributed by atoms with Gasteiger partial charge in [0.05, 0.1) is 0 Å². The minimum atomic E-state index is 0.0314. The molecule has 1 aromatic heterocycles. The molecule has 3 heteroatoms. The molecule has 0 saturated carbocycles. The van der Waals surface area contributed by atoms with Crippen molar-refractivity contribution in [1.29, 1.82) is 0 Å². The van der Waals surface area contributed by atoms with Crippen LogP contribution < -0.4 is 0 Å². The number of nitrogens with zero attached hydrogens (tertiary/aromatic N) is 2. The van der Waals surface area contributed by atoms with Gasteiger partial charge in [0.1, 0.15) is 0 Å². The highest BCUT2D eigenvalue weighted by atomic mass is 16.2. The molecule has 0 bridgehead atoms. The van der Waals surface area contributed by atoms with E-state index in [-0.39, 0.29) is 11.8 Å². The number of aromatic nitrogens is 1. The lowest BCUT2D eigenvalue weighted by atomic mass is 9.97. The quantitative estimate of drug-likeness (QED) is 0.765. The van der Waals surface area contributed by atoms with Crippen LogP contribution in [0.5, 0.6) is 0 Å². The fourth-order valence-electron chi connectivity index (χ4n) is 2.54. The molecular weight excluding hydrogens is 236 g/mol. The Morgan fingerprint density at radius 1 is 1.16 bits per heavy atom. The first-order valence-corrected chi connectivity index (χ1v) is 6.36.